The summed E-state index contributed by atoms with van der Waals surface area (Å²) in [6, 6.07) is 3.80. The van der Waals surface area contributed by atoms with Gasteiger partial charge in [0.2, 0.25) is 0 Å². The summed E-state index contributed by atoms with van der Waals surface area (Å²) < 4.78 is 7.02. The van der Waals surface area contributed by atoms with E-state index in [9.17, 15) is 0 Å². The van der Waals surface area contributed by atoms with Crippen molar-refractivity contribution in [2.45, 2.75) is 13.0 Å². The van der Waals surface area contributed by atoms with E-state index < -0.39 is 0 Å². The maximum atomic E-state index is 5.87. The van der Waals surface area contributed by atoms with Crippen molar-refractivity contribution < 1.29 is 4.74 Å². The van der Waals surface area contributed by atoms with Gasteiger partial charge in [0.25, 0.3) is 0 Å². The molecule has 0 amide bonds. The van der Waals surface area contributed by atoms with Crippen LogP contribution in [0, 0.1) is 0 Å². The Balaban J connectivity index is 1.83. The van der Waals surface area contributed by atoms with E-state index in [4.69, 9.17) is 10.5 Å². The first-order chi connectivity index (χ1) is 9.75. The molecule has 1 aliphatic rings. The molecule has 0 aliphatic carbocycles. The molecule has 7 nitrogen and oxygen atoms in total. The highest BCUT2D eigenvalue weighted by atomic mass is 16.5. The monoisotopic (exact) mass is 274 g/mol. The van der Waals surface area contributed by atoms with E-state index >= 15 is 0 Å². The summed E-state index contributed by atoms with van der Waals surface area (Å²) in [5.41, 5.74) is 6.97. The maximum absolute atomic E-state index is 5.87. The lowest BCUT2D eigenvalue weighted by atomic mass is 10.3. The first-order valence-electron chi connectivity index (χ1n) is 6.70. The molecule has 3 rings (SSSR count). The Morgan fingerprint density at radius 3 is 2.70 bits per heavy atom. The van der Waals surface area contributed by atoms with Gasteiger partial charge in [-0.2, -0.15) is 9.78 Å². The Kier molecular flexibility index (Phi) is 3.62. The Labute approximate surface area is 117 Å². The first kappa shape index (κ1) is 13.0. The van der Waals surface area contributed by atoms with Gasteiger partial charge >= 0.3 is 0 Å². The van der Waals surface area contributed by atoms with Crippen molar-refractivity contribution >= 4 is 5.69 Å². The van der Waals surface area contributed by atoms with Crippen molar-refractivity contribution in [3.63, 3.8) is 0 Å². The topological polar surface area (TPSA) is 82.1 Å². The van der Waals surface area contributed by atoms with Gasteiger partial charge in [0.05, 0.1) is 31.1 Å². The van der Waals surface area contributed by atoms with Crippen LogP contribution in [0.2, 0.25) is 0 Å². The summed E-state index contributed by atoms with van der Waals surface area (Å²) in [6.45, 7) is 5.20. The lowest BCUT2D eigenvalue weighted by Crippen LogP contribution is -2.36. The van der Waals surface area contributed by atoms with Crippen molar-refractivity contribution in [3.05, 3.63) is 30.5 Å². The quantitative estimate of drug-likeness (QED) is 0.878. The van der Waals surface area contributed by atoms with Crippen molar-refractivity contribution in [3.8, 4) is 5.82 Å². The Hall–Kier alpha value is -1.99. The van der Waals surface area contributed by atoms with E-state index in [1.807, 2.05) is 25.3 Å². The molecule has 2 aromatic heterocycles. The van der Waals surface area contributed by atoms with E-state index in [0.29, 0.717) is 5.82 Å². The Morgan fingerprint density at radius 1 is 1.25 bits per heavy atom. The summed E-state index contributed by atoms with van der Waals surface area (Å²) in [5, 5.41) is 4.18. The third kappa shape index (κ3) is 2.50. The van der Waals surface area contributed by atoms with Crippen molar-refractivity contribution in [2.75, 3.05) is 31.2 Å². The third-order valence-electron chi connectivity index (χ3n) is 3.31. The standard InChI is InChI=1S/C13H18N6O/c1-10(14)13-16-9-17-19(13)12-3-2-11(8-15-12)18-4-6-20-7-5-18/h2-3,8-10H,4-7,14H2,1H3. The fourth-order valence-corrected chi connectivity index (χ4v) is 2.25. The molecule has 1 atom stereocenters. The smallest absolute Gasteiger partial charge is 0.155 e. The number of morpholine rings is 1. The molecule has 20 heavy (non-hydrogen) atoms. The Morgan fingerprint density at radius 2 is 2.05 bits per heavy atom. The van der Waals surface area contributed by atoms with E-state index in [0.717, 1.165) is 37.8 Å². The van der Waals surface area contributed by atoms with Gasteiger partial charge in [0, 0.05) is 13.1 Å². The second-order valence-corrected chi connectivity index (χ2v) is 4.79. The second kappa shape index (κ2) is 5.56. The minimum Gasteiger partial charge on any atom is -0.378 e. The third-order valence-corrected chi connectivity index (χ3v) is 3.31. The van der Waals surface area contributed by atoms with Crippen LogP contribution in [0.3, 0.4) is 0 Å². The Bertz CT molecular complexity index is 558. The number of hydrogen-bond acceptors (Lipinski definition) is 6. The maximum Gasteiger partial charge on any atom is 0.155 e. The van der Waals surface area contributed by atoms with Gasteiger partial charge in [0.15, 0.2) is 11.6 Å². The second-order valence-electron chi connectivity index (χ2n) is 4.79. The summed E-state index contributed by atoms with van der Waals surface area (Å²) >= 11 is 0. The number of nitrogens with zero attached hydrogens (tertiary/aromatic N) is 5. The minimum atomic E-state index is -0.182. The predicted molar refractivity (Wildman–Crippen MR) is 74.8 cm³/mol. The van der Waals surface area contributed by atoms with Crippen molar-refractivity contribution in [1.29, 1.82) is 0 Å². The highest BCUT2D eigenvalue weighted by Crippen LogP contribution is 2.17. The molecule has 0 aromatic carbocycles. The molecule has 1 unspecified atom stereocenters. The van der Waals surface area contributed by atoms with Crippen LogP contribution in [0.25, 0.3) is 5.82 Å². The molecule has 1 aliphatic heterocycles. The van der Waals surface area contributed by atoms with Crippen molar-refractivity contribution in [2.24, 2.45) is 5.73 Å². The van der Waals surface area contributed by atoms with Crippen LogP contribution in [-0.2, 0) is 4.74 Å². The number of nitrogens with two attached hydrogens (primary N) is 1. The van der Waals surface area contributed by atoms with Gasteiger partial charge < -0.3 is 15.4 Å². The van der Waals surface area contributed by atoms with Crippen molar-refractivity contribution in [1.82, 2.24) is 19.7 Å². The van der Waals surface area contributed by atoms with Gasteiger partial charge in [-0.05, 0) is 19.1 Å². The molecule has 3 heterocycles. The highest BCUT2D eigenvalue weighted by Gasteiger charge is 2.14. The fraction of sp³-hybridized carbons (Fsp3) is 0.462. The zero-order valence-corrected chi connectivity index (χ0v) is 11.4. The predicted octanol–water partition coefficient (Wildman–Crippen LogP) is 0.519. The number of anilines is 1. The van der Waals surface area contributed by atoms with E-state index in [2.05, 4.69) is 20.0 Å². The largest absolute Gasteiger partial charge is 0.378 e. The number of rotatable bonds is 3. The van der Waals surface area contributed by atoms with Gasteiger partial charge in [-0.25, -0.2) is 9.97 Å². The molecule has 1 saturated heterocycles. The van der Waals surface area contributed by atoms with Crippen LogP contribution >= 0.6 is 0 Å². The van der Waals surface area contributed by atoms with E-state index in [1.165, 1.54) is 6.33 Å². The van der Waals surface area contributed by atoms with Gasteiger partial charge in [-0.15, -0.1) is 0 Å². The molecule has 0 spiro atoms. The lowest BCUT2D eigenvalue weighted by molar-refractivity contribution is 0.122. The molecule has 7 heteroatoms. The molecule has 106 valence electrons. The van der Waals surface area contributed by atoms with Crippen LogP contribution < -0.4 is 10.6 Å². The van der Waals surface area contributed by atoms with E-state index in [-0.39, 0.29) is 6.04 Å². The molecule has 2 N–H and O–H groups in total. The molecule has 2 aromatic rings. The average Bonchev–Trinajstić information content (AvgIpc) is 2.98. The molecular weight excluding hydrogens is 256 g/mol. The molecule has 0 saturated carbocycles. The SMILES string of the molecule is CC(N)c1ncnn1-c1ccc(N2CCOCC2)cn1. The van der Waals surface area contributed by atoms with Crippen LogP contribution in [0.1, 0.15) is 18.8 Å². The number of hydrogen-bond donors (Lipinski definition) is 1. The fourth-order valence-electron chi connectivity index (χ4n) is 2.25. The van der Waals surface area contributed by atoms with Crippen LogP contribution in [0.5, 0.6) is 0 Å². The summed E-state index contributed by atoms with van der Waals surface area (Å²) in [5.74, 6) is 1.43. The van der Waals surface area contributed by atoms with Crippen LogP contribution in [-0.4, -0.2) is 46.1 Å². The molecular formula is C13H18N6O. The molecule has 0 radical (unpaired) electrons. The van der Waals surface area contributed by atoms with Gasteiger partial charge in [-0.3, -0.25) is 0 Å². The summed E-state index contributed by atoms with van der Waals surface area (Å²) in [4.78, 5) is 10.9. The number of ether oxygens (including phenoxy) is 1. The number of pyridine rings is 1. The normalized spacial score (nSPS) is 17.2. The highest BCUT2D eigenvalue weighted by molar-refractivity contribution is 5.46. The van der Waals surface area contributed by atoms with Crippen LogP contribution in [0.15, 0.2) is 24.7 Å². The molecule has 0 bridgehead atoms. The zero-order chi connectivity index (χ0) is 13.9. The van der Waals surface area contributed by atoms with Crippen LogP contribution in [0.4, 0.5) is 5.69 Å². The van der Waals surface area contributed by atoms with Gasteiger partial charge in [0.1, 0.15) is 6.33 Å². The number of aromatic nitrogens is 4. The minimum absolute atomic E-state index is 0.182. The first-order valence-corrected chi connectivity index (χ1v) is 6.70. The van der Waals surface area contributed by atoms with E-state index in [1.54, 1.807) is 4.68 Å². The summed E-state index contributed by atoms with van der Waals surface area (Å²) in [6.07, 6.45) is 3.35. The summed E-state index contributed by atoms with van der Waals surface area (Å²) in [7, 11) is 0. The average molecular weight is 274 g/mol. The molecule has 1 fully saturated rings. The van der Waals surface area contributed by atoms with Gasteiger partial charge in [-0.1, -0.05) is 0 Å². The zero-order valence-electron chi connectivity index (χ0n) is 11.4. The lowest BCUT2D eigenvalue weighted by Gasteiger charge is -2.28.